The van der Waals surface area contributed by atoms with Crippen molar-refractivity contribution in [1.29, 1.82) is 0 Å². The van der Waals surface area contributed by atoms with Crippen LogP contribution < -0.4 is 5.56 Å². The summed E-state index contributed by atoms with van der Waals surface area (Å²) in [5.74, 6) is 0. The third kappa shape index (κ3) is 1.01. The number of aromatic nitrogens is 2. The summed E-state index contributed by atoms with van der Waals surface area (Å²) in [4.78, 5) is 16.3. The van der Waals surface area contributed by atoms with Gasteiger partial charge in [-0.15, -0.1) is 11.3 Å². The molecule has 0 fully saturated rings. The van der Waals surface area contributed by atoms with E-state index in [2.05, 4.69) is 20.9 Å². The van der Waals surface area contributed by atoms with E-state index in [-0.39, 0.29) is 5.56 Å². The van der Waals surface area contributed by atoms with Crippen LogP contribution in [-0.4, -0.2) is 9.38 Å². The number of halogens is 1. The van der Waals surface area contributed by atoms with E-state index in [0.29, 0.717) is 4.47 Å². The Kier molecular flexibility index (Phi) is 1.77. The van der Waals surface area contributed by atoms with Gasteiger partial charge in [-0.05, 0) is 22.9 Å². The largest absolute Gasteiger partial charge is 0.273 e. The van der Waals surface area contributed by atoms with Gasteiger partial charge in [-0.2, -0.15) is 0 Å². The number of hydrogen-bond donors (Lipinski definition) is 0. The molecule has 0 atom stereocenters. The van der Waals surface area contributed by atoms with E-state index in [1.54, 1.807) is 4.40 Å². The van der Waals surface area contributed by atoms with Crippen LogP contribution in [0.5, 0.6) is 0 Å². The number of fused-ring (bicyclic) bond motifs is 1. The molecular weight excluding hydrogens is 240 g/mol. The van der Waals surface area contributed by atoms with E-state index >= 15 is 0 Å². The lowest BCUT2D eigenvalue weighted by Crippen LogP contribution is -2.14. The van der Waals surface area contributed by atoms with Crippen LogP contribution in [0.2, 0.25) is 0 Å². The van der Waals surface area contributed by atoms with Gasteiger partial charge in [0.2, 0.25) is 0 Å². The lowest BCUT2D eigenvalue weighted by Gasteiger charge is -1.94. The maximum Gasteiger partial charge on any atom is 0.273 e. The zero-order valence-electron chi connectivity index (χ0n) is 6.24. The predicted octanol–water partition coefficient (Wildman–Crippen LogP) is 1.83. The Balaban J connectivity index is 3.06. The Bertz CT molecular complexity index is 488. The summed E-state index contributed by atoms with van der Waals surface area (Å²) in [7, 11) is 0. The smallest absolute Gasteiger partial charge is 0.268 e. The second kappa shape index (κ2) is 2.67. The Morgan fingerprint density at radius 1 is 1.67 bits per heavy atom. The molecule has 3 nitrogen and oxygen atoms in total. The van der Waals surface area contributed by atoms with Crippen LogP contribution in [-0.2, 0) is 0 Å². The highest BCUT2D eigenvalue weighted by atomic mass is 79.9. The number of nitrogens with zero attached hydrogens (tertiary/aromatic N) is 2. The SMILES string of the molecule is Cc1csc2ncc(Br)c(=O)n12. The molecule has 0 saturated carbocycles. The molecule has 0 aliphatic carbocycles. The first kappa shape index (κ1) is 7.94. The van der Waals surface area contributed by atoms with Gasteiger partial charge in [0.1, 0.15) is 4.47 Å². The van der Waals surface area contributed by atoms with E-state index in [1.165, 1.54) is 17.5 Å². The molecule has 2 aromatic heterocycles. The second-order valence-corrected chi connectivity index (χ2v) is 4.10. The number of aryl methyl sites for hydroxylation is 1. The molecule has 0 spiro atoms. The normalized spacial score (nSPS) is 10.8. The van der Waals surface area contributed by atoms with Crippen molar-refractivity contribution in [1.82, 2.24) is 9.38 Å². The summed E-state index contributed by atoms with van der Waals surface area (Å²) in [6, 6.07) is 0. The van der Waals surface area contributed by atoms with E-state index in [1.807, 2.05) is 12.3 Å². The molecule has 0 amide bonds. The van der Waals surface area contributed by atoms with E-state index in [4.69, 9.17) is 0 Å². The number of thiazole rings is 1. The molecule has 12 heavy (non-hydrogen) atoms. The highest BCUT2D eigenvalue weighted by molar-refractivity contribution is 9.10. The van der Waals surface area contributed by atoms with Gasteiger partial charge in [-0.1, -0.05) is 0 Å². The molecule has 5 heteroatoms. The highest BCUT2D eigenvalue weighted by Gasteiger charge is 2.04. The lowest BCUT2D eigenvalue weighted by atomic mass is 10.5. The quantitative estimate of drug-likeness (QED) is 0.709. The summed E-state index contributed by atoms with van der Waals surface area (Å²) in [6.07, 6.45) is 1.54. The minimum absolute atomic E-state index is 0.0428. The maximum atomic E-state index is 11.5. The fourth-order valence-electron chi connectivity index (χ4n) is 1.00. The summed E-state index contributed by atoms with van der Waals surface area (Å²) < 4.78 is 2.09. The summed E-state index contributed by atoms with van der Waals surface area (Å²) in [5.41, 5.74) is 0.882. The Morgan fingerprint density at radius 3 is 3.17 bits per heavy atom. The van der Waals surface area contributed by atoms with Crippen molar-refractivity contribution in [2.75, 3.05) is 0 Å². The van der Waals surface area contributed by atoms with Crippen LogP contribution in [0.25, 0.3) is 4.96 Å². The predicted molar refractivity (Wildman–Crippen MR) is 51.8 cm³/mol. The zero-order valence-corrected chi connectivity index (χ0v) is 8.65. The van der Waals surface area contributed by atoms with Crippen LogP contribution in [0, 0.1) is 6.92 Å². The van der Waals surface area contributed by atoms with E-state index < -0.39 is 0 Å². The molecule has 0 bridgehead atoms. The Hall–Kier alpha value is -0.680. The number of rotatable bonds is 0. The van der Waals surface area contributed by atoms with E-state index in [9.17, 15) is 4.79 Å². The van der Waals surface area contributed by atoms with Crippen molar-refractivity contribution in [3.63, 3.8) is 0 Å². The van der Waals surface area contributed by atoms with Crippen LogP contribution in [0.1, 0.15) is 5.69 Å². The fourth-order valence-corrected chi connectivity index (χ4v) is 2.11. The number of hydrogen-bond acceptors (Lipinski definition) is 3. The second-order valence-electron chi connectivity index (χ2n) is 2.41. The average Bonchev–Trinajstić information content (AvgIpc) is 2.41. The van der Waals surface area contributed by atoms with Gasteiger partial charge in [-0.3, -0.25) is 9.20 Å². The topological polar surface area (TPSA) is 34.4 Å². The van der Waals surface area contributed by atoms with Gasteiger partial charge in [0, 0.05) is 17.3 Å². The van der Waals surface area contributed by atoms with Gasteiger partial charge in [0.05, 0.1) is 0 Å². The minimum Gasteiger partial charge on any atom is -0.268 e. The van der Waals surface area contributed by atoms with Crippen molar-refractivity contribution < 1.29 is 0 Å². The molecule has 0 unspecified atom stereocenters. The first-order valence-electron chi connectivity index (χ1n) is 3.31. The summed E-state index contributed by atoms with van der Waals surface area (Å²) in [6.45, 7) is 1.89. The van der Waals surface area contributed by atoms with Crippen LogP contribution in [0.3, 0.4) is 0 Å². The van der Waals surface area contributed by atoms with Gasteiger partial charge in [0.15, 0.2) is 4.96 Å². The molecule has 2 rings (SSSR count). The molecule has 0 saturated heterocycles. The van der Waals surface area contributed by atoms with Crippen LogP contribution in [0.15, 0.2) is 20.8 Å². The van der Waals surface area contributed by atoms with E-state index in [0.717, 1.165) is 10.7 Å². The molecular formula is C7H5BrN2OS. The molecule has 0 radical (unpaired) electrons. The van der Waals surface area contributed by atoms with Crippen LogP contribution >= 0.6 is 27.3 Å². The zero-order chi connectivity index (χ0) is 8.72. The lowest BCUT2D eigenvalue weighted by molar-refractivity contribution is 1.01. The highest BCUT2D eigenvalue weighted by Crippen LogP contribution is 2.12. The molecule has 62 valence electrons. The fraction of sp³-hybridized carbons (Fsp3) is 0.143. The Labute approximate surface area is 80.8 Å². The standard InChI is InChI=1S/C7H5BrN2OS/c1-4-3-12-7-9-2-5(8)6(11)10(4)7/h2-3H,1H3. The molecule has 0 aliphatic heterocycles. The summed E-state index contributed by atoms with van der Waals surface area (Å²) in [5, 5.41) is 1.91. The van der Waals surface area contributed by atoms with Crippen molar-refractivity contribution >= 4 is 32.2 Å². The molecule has 2 aromatic rings. The minimum atomic E-state index is -0.0428. The van der Waals surface area contributed by atoms with Crippen molar-refractivity contribution in [3.8, 4) is 0 Å². The average molecular weight is 245 g/mol. The van der Waals surface area contributed by atoms with Gasteiger partial charge in [0.25, 0.3) is 5.56 Å². The van der Waals surface area contributed by atoms with Crippen LogP contribution in [0.4, 0.5) is 0 Å². The van der Waals surface area contributed by atoms with Crippen molar-refractivity contribution in [2.24, 2.45) is 0 Å². The first-order valence-corrected chi connectivity index (χ1v) is 4.99. The monoisotopic (exact) mass is 244 g/mol. The molecule has 0 aliphatic rings. The summed E-state index contributed by atoms with van der Waals surface area (Å²) >= 11 is 4.61. The first-order chi connectivity index (χ1) is 5.70. The van der Waals surface area contributed by atoms with Crippen molar-refractivity contribution in [2.45, 2.75) is 6.92 Å². The molecule has 2 heterocycles. The van der Waals surface area contributed by atoms with Crippen molar-refractivity contribution in [3.05, 3.63) is 32.1 Å². The maximum absolute atomic E-state index is 11.5. The Morgan fingerprint density at radius 2 is 2.42 bits per heavy atom. The van der Waals surface area contributed by atoms with Gasteiger partial charge >= 0.3 is 0 Å². The molecule has 0 N–H and O–H groups in total. The van der Waals surface area contributed by atoms with Gasteiger partial charge < -0.3 is 0 Å². The third-order valence-electron chi connectivity index (χ3n) is 1.57. The van der Waals surface area contributed by atoms with Gasteiger partial charge in [-0.25, -0.2) is 4.98 Å². The third-order valence-corrected chi connectivity index (χ3v) is 3.08. The molecule has 0 aromatic carbocycles.